The highest BCUT2D eigenvalue weighted by Gasteiger charge is 2.25. The SMILES string of the molecule is COc1ccc(CN(C)S(=O)(=O)c2cc(C)ccc2C)c(OC)c1OC. The van der Waals surface area contributed by atoms with Gasteiger partial charge in [-0.2, -0.15) is 4.31 Å². The number of hydrogen-bond donors (Lipinski definition) is 0. The first-order chi connectivity index (χ1) is 12.3. The van der Waals surface area contributed by atoms with Crippen LogP contribution in [0.3, 0.4) is 0 Å². The molecule has 0 radical (unpaired) electrons. The molecule has 0 aromatic heterocycles. The summed E-state index contributed by atoms with van der Waals surface area (Å²) in [6.45, 7) is 3.80. The van der Waals surface area contributed by atoms with Gasteiger partial charge in [0.2, 0.25) is 15.8 Å². The van der Waals surface area contributed by atoms with Crippen LogP contribution in [0.25, 0.3) is 0 Å². The summed E-state index contributed by atoms with van der Waals surface area (Å²) >= 11 is 0. The fourth-order valence-corrected chi connectivity index (χ4v) is 4.22. The number of benzene rings is 2. The average molecular weight is 379 g/mol. The molecule has 0 bridgehead atoms. The molecule has 0 atom stereocenters. The molecule has 6 nitrogen and oxygen atoms in total. The van der Waals surface area contributed by atoms with Crippen LogP contribution in [-0.4, -0.2) is 41.1 Å². The second kappa shape index (κ2) is 7.97. The third-order valence-corrected chi connectivity index (χ3v) is 6.16. The van der Waals surface area contributed by atoms with E-state index in [0.717, 1.165) is 5.56 Å². The van der Waals surface area contributed by atoms with Crippen molar-refractivity contribution in [3.8, 4) is 17.2 Å². The molecule has 142 valence electrons. The summed E-state index contributed by atoms with van der Waals surface area (Å²) in [5.41, 5.74) is 2.29. The molecule has 2 rings (SSSR count). The molecule has 0 amide bonds. The molecule has 0 aliphatic rings. The zero-order valence-corrected chi connectivity index (χ0v) is 16.8. The Kier molecular flexibility index (Phi) is 6.15. The maximum absolute atomic E-state index is 13.0. The van der Waals surface area contributed by atoms with Crippen molar-refractivity contribution in [3.05, 3.63) is 47.0 Å². The summed E-state index contributed by atoms with van der Waals surface area (Å²) in [4.78, 5) is 0.305. The average Bonchev–Trinajstić information content (AvgIpc) is 2.62. The summed E-state index contributed by atoms with van der Waals surface area (Å²) in [5.74, 6) is 1.41. The van der Waals surface area contributed by atoms with Crippen LogP contribution in [0.2, 0.25) is 0 Å². The number of hydrogen-bond acceptors (Lipinski definition) is 5. The first kappa shape index (κ1) is 20.1. The number of rotatable bonds is 7. The molecule has 0 N–H and O–H groups in total. The number of nitrogens with zero attached hydrogens (tertiary/aromatic N) is 1. The van der Waals surface area contributed by atoms with E-state index in [0.29, 0.717) is 33.3 Å². The van der Waals surface area contributed by atoms with E-state index < -0.39 is 10.0 Å². The van der Waals surface area contributed by atoms with Crippen LogP contribution in [0, 0.1) is 13.8 Å². The van der Waals surface area contributed by atoms with Crippen molar-refractivity contribution < 1.29 is 22.6 Å². The van der Waals surface area contributed by atoms with Gasteiger partial charge in [-0.25, -0.2) is 8.42 Å². The molecule has 0 heterocycles. The van der Waals surface area contributed by atoms with Crippen molar-refractivity contribution in [3.63, 3.8) is 0 Å². The third kappa shape index (κ3) is 3.78. The molecular weight excluding hydrogens is 354 g/mol. The molecule has 0 unspecified atom stereocenters. The number of sulfonamides is 1. The molecule has 0 fully saturated rings. The van der Waals surface area contributed by atoms with Crippen LogP contribution in [0.15, 0.2) is 35.2 Å². The maximum Gasteiger partial charge on any atom is 0.243 e. The fourth-order valence-electron chi connectivity index (χ4n) is 2.77. The molecule has 26 heavy (non-hydrogen) atoms. The van der Waals surface area contributed by atoms with Crippen LogP contribution in [0.4, 0.5) is 0 Å². The van der Waals surface area contributed by atoms with Crippen molar-refractivity contribution in [1.29, 1.82) is 0 Å². The quantitative estimate of drug-likeness (QED) is 0.739. The number of ether oxygens (including phenoxy) is 3. The van der Waals surface area contributed by atoms with E-state index in [1.54, 1.807) is 32.2 Å². The van der Waals surface area contributed by atoms with Crippen molar-refractivity contribution in [2.75, 3.05) is 28.4 Å². The van der Waals surface area contributed by atoms with Gasteiger partial charge in [0.15, 0.2) is 11.5 Å². The Hall–Kier alpha value is -2.25. The van der Waals surface area contributed by atoms with E-state index in [9.17, 15) is 8.42 Å². The van der Waals surface area contributed by atoms with E-state index in [-0.39, 0.29) is 6.54 Å². The second-order valence-corrected chi connectivity index (χ2v) is 8.04. The van der Waals surface area contributed by atoms with E-state index in [4.69, 9.17) is 14.2 Å². The molecule has 2 aromatic rings. The summed E-state index contributed by atoms with van der Waals surface area (Å²) < 4.78 is 43.4. The van der Waals surface area contributed by atoms with Crippen LogP contribution in [-0.2, 0) is 16.6 Å². The smallest absolute Gasteiger partial charge is 0.243 e. The highest BCUT2D eigenvalue weighted by Crippen LogP contribution is 2.40. The second-order valence-electron chi connectivity index (χ2n) is 6.02. The van der Waals surface area contributed by atoms with E-state index in [2.05, 4.69) is 0 Å². The topological polar surface area (TPSA) is 65.1 Å². The summed E-state index contributed by atoms with van der Waals surface area (Å²) in [6.07, 6.45) is 0. The molecule has 0 saturated heterocycles. The van der Waals surface area contributed by atoms with Crippen LogP contribution >= 0.6 is 0 Å². The van der Waals surface area contributed by atoms with Gasteiger partial charge in [-0.15, -0.1) is 0 Å². The Bertz CT molecular complexity index is 893. The third-order valence-electron chi connectivity index (χ3n) is 4.21. The normalized spacial score (nSPS) is 11.5. The van der Waals surface area contributed by atoms with Gasteiger partial charge >= 0.3 is 0 Å². The molecule has 0 spiro atoms. The Balaban J connectivity index is 2.43. The fraction of sp³-hybridized carbons (Fsp3) is 0.368. The van der Waals surface area contributed by atoms with Crippen LogP contribution in [0.5, 0.6) is 17.2 Å². The lowest BCUT2D eigenvalue weighted by Crippen LogP contribution is -2.27. The van der Waals surface area contributed by atoms with Gasteiger partial charge < -0.3 is 14.2 Å². The first-order valence-electron chi connectivity index (χ1n) is 8.07. The van der Waals surface area contributed by atoms with Crippen molar-refractivity contribution in [1.82, 2.24) is 4.31 Å². The predicted molar refractivity (Wildman–Crippen MR) is 101 cm³/mol. The molecule has 0 aliphatic heterocycles. The Morgan fingerprint density at radius 1 is 0.923 bits per heavy atom. The maximum atomic E-state index is 13.0. The summed E-state index contributed by atoms with van der Waals surface area (Å²) in [6, 6.07) is 8.90. The largest absolute Gasteiger partial charge is 0.493 e. The monoisotopic (exact) mass is 379 g/mol. The van der Waals surface area contributed by atoms with Gasteiger partial charge in [0, 0.05) is 19.2 Å². The lowest BCUT2D eigenvalue weighted by molar-refractivity contribution is 0.319. The zero-order valence-electron chi connectivity index (χ0n) is 16.0. The standard InChI is InChI=1S/C19H25NO5S/c1-13-7-8-14(2)17(11-13)26(21,22)20(3)12-15-9-10-16(23-4)19(25-6)18(15)24-5/h7-11H,12H2,1-6H3. The Labute approximate surface area is 155 Å². The first-order valence-corrected chi connectivity index (χ1v) is 9.51. The Morgan fingerprint density at radius 3 is 2.15 bits per heavy atom. The molecule has 0 saturated carbocycles. The predicted octanol–water partition coefficient (Wildman–Crippen LogP) is 3.15. The van der Waals surface area contributed by atoms with Gasteiger partial charge in [0.25, 0.3) is 0 Å². The molecule has 2 aromatic carbocycles. The number of aryl methyl sites for hydroxylation is 2. The minimum Gasteiger partial charge on any atom is -0.493 e. The van der Waals surface area contributed by atoms with Crippen molar-refractivity contribution in [2.24, 2.45) is 0 Å². The minimum absolute atomic E-state index is 0.138. The molecular formula is C19H25NO5S. The van der Waals surface area contributed by atoms with Gasteiger partial charge in [0.05, 0.1) is 26.2 Å². The molecule has 7 heteroatoms. The zero-order chi connectivity index (χ0) is 19.5. The van der Waals surface area contributed by atoms with Crippen LogP contribution in [0.1, 0.15) is 16.7 Å². The summed E-state index contributed by atoms with van der Waals surface area (Å²) in [7, 11) is 2.47. The lowest BCUT2D eigenvalue weighted by atomic mass is 10.1. The lowest BCUT2D eigenvalue weighted by Gasteiger charge is -2.21. The summed E-state index contributed by atoms with van der Waals surface area (Å²) in [5, 5.41) is 0. The van der Waals surface area contributed by atoms with Crippen LogP contribution < -0.4 is 14.2 Å². The van der Waals surface area contributed by atoms with Gasteiger partial charge in [-0.1, -0.05) is 18.2 Å². The highest BCUT2D eigenvalue weighted by molar-refractivity contribution is 7.89. The van der Waals surface area contributed by atoms with Crippen molar-refractivity contribution >= 4 is 10.0 Å². The minimum atomic E-state index is -3.64. The van der Waals surface area contributed by atoms with Gasteiger partial charge in [0.1, 0.15) is 0 Å². The van der Waals surface area contributed by atoms with E-state index in [1.165, 1.54) is 25.6 Å². The van der Waals surface area contributed by atoms with Crippen molar-refractivity contribution in [2.45, 2.75) is 25.3 Å². The molecule has 0 aliphatic carbocycles. The van der Waals surface area contributed by atoms with Gasteiger partial charge in [-0.05, 0) is 37.1 Å². The van der Waals surface area contributed by atoms with E-state index >= 15 is 0 Å². The Morgan fingerprint density at radius 2 is 1.58 bits per heavy atom. The van der Waals surface area contributed by atoms with Gasteiger partial charge in [-0.3, -0.25) is 0 Å². The van der Waals surface area contributed by atoms with E-state index in [1.807, 2.05) is 19.1 Å². The highest BCUT2D eigenvalue weighted by atomic mass is 32.2. The number of methoxy groups -OCH3 is 3.